The summed E-state index contributed by atoms with van der Waals surface area (Å²) in [6.07, 6.45) is 1.77. The Morgan fingerprint density at radius 1 is 1.38 bits per heavy atom. The molecule has 148 valence electrons. The highest BCUT2D eigenvalue weighted by Crippen LogP contribution is 2.36. The molecule has 1 atom stereocenters. The Morgan fingerprint density at radius 2 is 2.14 bits per heavy atom. The van der Waals surface area contributed by atoms with Crippen molar-refractivity contribution >= 4 is 39.5 Å². The standard InChI is InChI=1S/C20H14BrClFN3O3/c1-2-3-16-19(27)25-20(28)26(16)10-12-4-5-15(21)18(17(12)23)29-14-7-11(9-24)6-13(22)8-14/h2,4-8,16H,1,3,10H2,(H,25,27,28). The predicted octanol–water partition coefficient (Wildman–Crippen LogP) is 4.90. The highest BCUT2D eigenvalue weighted by atomic mass is 79.9. The second-order valence-corrected chi connectivity index (χ2v) is 7.49. The Hall–Kier alpha value is -2.89. The molecule has 3 amide bonds. The number of rotatable bonds is 6. The van der Waals surface area contributed by atoms with E-state index >= 15 is 4.39 Å². The van der Waals surface area contributed by atoms with Crippen molar-refractivity contribution < 1.29 is 18.7 Å². The van der Waals surface area contributed by atoms with Crippen molar-refractivity contribution in [2.75, 3.05) is 0 Å². The molecular weight excluding hydrogens is 465 g/mol. The molecule has 1 N–H and O–H groups in total. The summed E-state index contributed by atoms with van der Waals surface area (Å²) in [5.41, 5.74) is 0.421. The molecule has 0 spiro atoms. The van der Waals surface area contributed by atoms with Crippen molar-refractivity contribution in [1.82, 2.24) is 10.2 Å². The van der Waals surface area contributed by atoms with Crippen LogP contribution in [0.4, 0.5) is 9.18 Å². The molecule has 6 nitrogen and oxygen atoms in total. The summed E-state index contributed by atoms with van der Waals surface area (Å²) in [5, 5.41) is 11.5. The predicted molar refractivity (Wildman–Crippen MR) is 108 cm³/mol. The van der Waals surface area contributed by atoms with E-state index in [1.165, 1.54) is 35.2 Å². The molecule has 0 bridgehead atoms. The van der Waals surface area contributed by atoms with E-state index in [0.29, 0.717) is 4.47 Å². The second kappa shape index (κ2) is 8.64. The maximum Gasteiger partial charge on any atom is 0.325 e. The molecule has 9 heteroatoms. The number of ether oxygens (including phenoxy) is 1. The number of halogens is 3. The van der Waals surface area contributed by atoms with Crippen LogP contribution in [0.5, 0.6) is 11.5 Å². The van der Waals surface area contributed by atoms with Gasteiger partial charge in [0.2, 0.25) is 0 Å². The van der Waals surface area contributed by atoms with E-state index in [9.17, 15) is 9.59 Å². The summed E-state index contributed by atoms with van der Waals surface area (Å²) in [6, 6.07) is 8.00. The summed E-state index contributed by atoms with van der Waals surface area (Å²) in [7, 11) is 0. The quantitative estimate of drug-likeness (QED) is 0.473. The largest absolute Gasteiger partial charge is 0.453 e. The first-order valence-corrected chi connectivity index (χ1v) is 9.59. The van der Waals surface area contributed by atoms with Gasteiger partial charge in [-0.25, -0.2) is 9.18 Å². The summed E-state index contributed by atoms with van der Waals surface area (Å²) >= 11 is 9.21. The van der Waals surface area contributed by atoms with Crippen molar-refractivity contribution in [3.63, 3.8) is 0 Å². The van der Waals surface area contributed by atoms with Crippen LogP contribution in [0.2, 0.25) is 5.02 Å². The van der Waals surface area contributed by atoms with Gasteiger partial charge in [0.25, 0.3) is 5.91 Å². The Labute approximate surface area is 179 Å². The zero-order valence-electron chi connectivity index (χ0n) is 14.9. The molecule has 0 aliphatic carbocycles. The fourth-order valence-corrected chi connectivity index (χ4v) is 3.51. The number of hydrogen-bond donors (Lipinski definition) is 1. The smallest absolute Gasteiger partial charge is 0.325 e. The molecular formula is C20H14BrClFN3O3. The maximum absolute atomic E-state index is 15.2. The normalized spacial score (nSPS) is 15.8. The van der Waals surface area contributed by atoms with Gasteiger partial charge < -0.3 is 9.64 Å². The van der Waals surface area contributed by atoms with E-state index in [1.54, 1.807) is 6.07 Å². The van der Waals surface area contributed by atoms with Gasteiger partial charge >= 0.3 is 6.03 Å². The third-order valence-electron chi connectivity index (χ3n) is 4.25. The zero-order valence-corrected chi connectivity index (χ0v) is 17.3. The molecule has 29 heavy (non-hydrogen) atoms. The molecule has 1 heterocycles. The van der Waals surface area contributed by atoms with Crippen molar-refractivity contribution in [2.45, 2.75) is 19.0 Å². The van der Waals surface area contributed by atoms with Crippen LogP contribution in [0.1, 0.15) is 17.5 Å². The van der Waals surface area contributed by atoms with E-state index in [0.717, 1.165) is 0 Å². The molecule has 1 aliphatic rings. The van der Waals surface area contributed by atoms with Crippen molar-refractivity contribution in [3.05, 3.63) is 69.4 Å². The molecule has 1 unspecified atom stereocenters. The Balaban J connectivity index is 1.92. The molecule has 0 saturated carbocycles. The lowest BCUT2D eigenvalue weighted by Gasteiger charge is -2.21. The van der Waals surface area contributed by atoms with Gasteiger partial charge in [0.1, 0.15) is 11.8 Å². The Morgan fingerprint density at radius 3 is 2.83 bits per heavy atom. The average Bonchev–Trinajstić information content (AvgIpc) is 2.94. The maximum atomic E-state index is 15.2. The van der Waals surface area contributed by atoms with Gasteiger partial charge in [0.05, 0.1) is 22.7 Å². The van der Waals surface area contributed by atoms with Gasteiger partial charge in [0, 0.05) is 10.6 Å². The highest BCUT2D eigenvalue weighted by Gasteiger charge is 2.37. The van der Waals surface area contributed by atoms with Gasteiger partial charge in [-0.05, 0) is 46.6 Å². The number of hydrogen-bond acceptors (Lipinski definition) is 4. The van der Waals surface area contributed by atoms with E-state index in [4.69, 9.17) is 21.6 Å². The Kier molecular flexibility index (Phi) is 6.20. The molecule has 3 rings (SSSR count). The molecule has 1 saturated heterocycles. The van der Waals surface area contributed by atoms with Crippen LogP contribution < -0.4 is 10.1 Å². The molecule has 0 aromatic heterocycles. The number of carbonyl (C=O) groups excluding carboxylic acids is 2. The summed E-state index contributed by atoms with van der Waals surface area (Å²) < 4.78 is 21.1. The summed E-state index contributed by atoms with van der Waals surface area (Å²) in [4.78, 5) is 25.3. The van der Waals surface area contributed by atoms with Crippen LogP contribution in [0.25, 0.3) is 0 Å². The zero-order chi connectivity index (χ0) is 21.1. The van der Waals surface area contributed by atoms with Crippen LogP contribution in [-0.4, -0.2) is 22.9 Å². The lowest BCUT2D eigenvalue weighted by Crippen LogP contribution is -2.34. The highest BCUT2D eigenvalue weighted by molar-refractivity contribution is 9.10. The Bertz CT molecular complexity index is 1050. The van der Waals surface area contributed by atoms with Crippen molar-refractivity contribution in [1.29, 1.82) is 5.26 Å². The van der Waals surface area contributed by atoms with E-state index in [2.05, 4.69) is 27.8 Å². The van der Waals surface area contributed by atoms with Crippen LogP contribution in [0.15, 0.2) is 47.5 Å². The topological polar surface area (TPSA) is 82.4 Å². The molecule has 2 aromatic carbocycles. The second-order valence-electron chi connectivity index (χ2n) is 6.20. The number of nitrogens with zero attached hydrogens (tertiary/aromatic N) is 2. The molecule has 2 aromatic rings. The molecule has 1 fully saturated rings. The van der Waals surface area contributed by atoms with Gasteiger partial charge in [-0.2, -0.15) is 5.26 Å². The fraction of sp³-hybridized carbons (Fsp3) is 0.150. The fourth-order valence-electron chi connectivity index (χ4n) is 2.89. The van der Waals surface area contributed by atoms with Crippen LogP contribution in [-0.2, 0) is 11.3 Å². The number of amides is 3. The van der Waals surface area contributed by atoms with Gasteiger partial charge in [-0.3, -0.25) is 10.1 Å². The van der Waals surface area contributed by atoms with Crippen LogP contribution in [0.3, 0.4) is 0 Å². The van der Waals surface area contributed by atoms with Gasteiger partial charge in [0.15, 0.2) is 11.6 Å². The van der Waals surface area contributed by atoms with Crippen LogP contribution in [0, 0.1) is 17.1 Å². The van der Waals surface area contributed by atoms with Crippen molar-refractivity contribution in [2.24, 2.45) is 0 Å². The molecule has 1 aliphatic heterocycles. The first-order chi connectivity index (χ1) is 13.8. The SMILES string of the molecule is C=CCC1C(=O)NC(=O)N1Cc1ccc(Br)c(Oc2cc(Cl)cc(C#N)c2)c1F. The first kappa shape index (κ1) is 20.8. The van der Waals surface area contributed by atoms with E-state index in [-0.39, 0.29) is 40.6 Å². The van der Waals surface area contributed by atoms with E-state index < -0.39 is 23.8 Å². The lowest BCUT2D eigenvalue weighted by atomic mass is 10.1. The third kappa shape index (κ3) is 4.42. The van der Waals surface area contributed by atoms with E-state index in [1.807, 2.05) is 6.07 Å². The third-order valence-corrected chi connectivity index (χ3v) is 5.09. The monoisotopic (exact) mass is 477 g/mol. The number of imide groups is 1. The summed E-state index contributed by atoms with van der Waals surface area (Å²) in [5.74, 6) is -1.10. The summed E-state index contributed by atoms with van der Waals surface area (Å²) in [6.45, 7) is 3.45. The average molecular weight is 479 g/mol. The molecule has 0 radical (unpaired) electrons. The number of urea groups is 1. The van der Waals surface area contributed by atoms with Gasteiger partial charge in [-0.15, -0.1) is 6.58 Å². The van der Waals surface area contributed by atoms with Crippen LogP contribution >= 0.6 is 27.5 Å². The minimum absolute atomic E-state index is 0.125. The number of nitrogens with one attached hydrogen (secondary N) is 1. The number of carbonyl (C=O) groups is 2. The first-order valence-electron chi connectivity index (χ1n) is 8.41. The van der Waals surface area contributed by atoms with Crippen molar-refractivity contribution in [3.8, 4) is 17.6 Å². The minimum atomic E-state index is -0.751. The number of nitriles is 1. The number of benzene rings is 2. The van der Waals surface area contributed by atoms with Gasteiger partial charge in [-0.1, -0.05) is 23.7 Å². The minimum Gasteiger partial charge on any atom is -0.453 e. The lowest BCUT2D eigenvalue weighted by molar-refractivity contribution is -0.121.